The van der Waals surface area contributed by atoms with Gasteiger partial charge in [0.05, 0.1) is 25.9 Å². The number of aliphatic hydroxyl groups is 1. The van der Waals surface area contributed by atoms with Gasteiger partial charge in [-0.25, -0.2) is 0 Å². The van der Waals surface area contributed by atoms with E-state index in [0.29, 0.717) is 44.9 Å². The highest BCUT2D eigenvalue weighted by Crippen LogP contribution is 2.12. The minimum Gasteiger partial charge on any atom is -0.389 e. The molecular formula is C14H31NO3. The molecule has 4 heteroatoms. The highest BCUT2D eigenvalue weighted by molar-refractivity contribution is 4.71. The normalized spacial score (nSPS) is 15.0. The van der Waals surface area contributed by atoms with Crippen molar-refractivity contribution in [3.63, 3.8) is 0 Å². The fraction of sp³-hybridized carbons (Fsp3) is 1.00. The molecule has 0 rings (SSSR count). The molecule has 0 saturated carbocycles. The highest BCUT2D eigenvalue weighted by Gasteiger charge is 2.14. The summed E-state index contributed by atoms with van der Waals surface area (Å²) >= 11 is 0. The first-order valence-corrected chi connectivity index (χ1v) is 7.22. The van der Waals surface area contributed by atoms with Crippen LogP contribution in [0.5, 0.6) is 0 Å². The number of hydrogen-bond donors (Lipinski definition) is 2. The summed E-state index contributed by atoms with van der Waals surface area (Å²) < 4.78 is 10.5. The van der Waals surface area contributed by atoms with Gasteiger partial charge in [-0.1, -0.05) is 26.7 Å². The van der Waals surface area contributed by atoms with Crippen molar-refractivity contribution in [3.05, 3.63) is 0 Å². The van der Waals surface area contributed by atoms with Gasteiger partial charge in [-0.15, -0.1) is 0 Å². The lowest BCUT2D eigenvalue weighted by molar-refractivity contribution is 0.00531. The van der Waals surface area contributed by atoms with Crippen LogP contribution in [0.2, 0.25) is 0 Å². The van der Waals surface area contributed by atoms with E-state index in [0.717, 1.165) is 0 Å². The summed E-state index contributed by atoms with van der Waals surface area (Å²) in [6.07, 6.45) is 1.90. The molecule has 2 atom stereocenters. The molecule has 0 bridgehead atoms. The number of rotatable bonds is 12. The first-order chi connectivity index (χ1) is 8.65. The Kier molecular flexibility index (Phi) is 11.8. The molecule has 4 nitrogen and oxygen atoms in total. The van der Waals surface area contributed by atoms with Crippen molar-refractivity contribution in [2.75, 3.05) is 33.0 Å². The van der Waals surface area contributed by atoms with Crippen molar-refractivity contribution >= 4 is 0 Å². The molecule has 0 amide bonds. The maximum absolute atomic E-state index is 9.75. The van der Waals surface area contributed by atoms with Gasteiger partial charge in [-0.05, 0) is 19.8 Å². The van der Waals surface area contributed by atoms with Crippen LogP contribution in [0.25, 0.3) is 0 Å². The summed E-state index contributed by atoms with van der Waals surface area (Å²) in [5.41, 5.74) is 0. The van der Waals surface area contributed by atoms with E-state index in [2.05, 4.69) is 26.1 Å². The van der Waals surface area contributed by atoms with Crippen LogP contribution in [0.1, 0.15) is 40.5 Å². The summed E-state index contributed by atoms with van der Waals surface area (Å²) in [4.78, 5) is 0. The molecule has 0 aliphatic carbocycles. The molecule has 0 spiro atoms. The Hall–Kier alpha value is -0.160. The fourth-order valence-electron chi connectivity index (χ4n) is 2.02. The summed E-state index contributed by atoms with van der Waals surface area (Å²) in [7, 11) is 0. The van der Waals surface area contributed by atoms with Crippen LogP contribution >= 0.6 is 0 Å². The van der Waals surface area contributed by atoms with Crippen molar-refractivity contribution < 1.29 is 14.6 Å². The van der Waals surface area contributed by atoms with Crippen molar-refractivity contribution in [3.8, 4) is 0 Å². The Bertz CT molecular complexity index is 174. The van der Waals surface area contributed by atoms with E-state index in [-0.39, 0.29) is 0 Å². The summed E-state index contributed by atoms with van der Waals surface area (Å²) in [5.74, 6) is 0.677. The van der Waals surface area contributed by atoms with Gasteiger partial charge in [0.1, 0.15) is 0 Å². The molecule has 0 fully saturated rings. The maximum Gasteiger partial charge on any atom is 0.0897 e. The monoisotopic (exact) mass is 261 g/mol. The maximum atomic E-state index is 9.75. The third kappa shape index (κ3) is 8.86. The van der Waals surface area contributed by atoms with E-state index in [1.54, 1.807) is 0 Å². The third-order valence-electron chi connectivity index (χ3n) is 3.32. The zero-order valence-electron chi connectivity index (χ0n) is 12.4. The average Bonchev–Trinajstić information content (AvgIpc) is 2.37. The minimum absolute atomic E-state index is 0.371. The number of ether oxygens (including phenoxy) is 2. The smallest absolute Gasteiger partial charge is 0.0897 e. The molecule has 2 unspecified atom stereocenters. The predicted octanol–water partition coefficient (Wildman–Crippen LogP) is 1.81. The number of aliphatic hydroxyl groups excluding tert-OH is 1. The van der Waals surface area contributed by atoms with Crippen molar-refractivity contribution in [2.24, 2.45) is 5.92 Å². The summed E-state index contributed by atoms with van der Waals surface area (Å²) in [6, 6.07) is 0.443. The van der Waals surface area contributed by atoms with Crippen molar-refractivity contribution in [1.29, 1.82) is 0 Å². The molecule has 0 aromatic heterocycles. The minimum atomic E-state index is -0.441. The molecule has 0 aliphatic heterocycles. The van der Waals surface area contributed by atoms with Gasteiger partial charge in [0.15, 0.2) is 0 Å². The lowest BCUT2D eigenvalue weighted by Crippen LogP contribution is -2.39. The molecule has 110 valence electrons. The Morgan fingerprint density at radius 1 is 1.06 bits per heavy atom. The van der Waals surface area contributed by atoms with Crippen LogP contribution in [0.3, 0.4) is 0 Å². The van der Waals surface area contributed by atoms with Crippen molar-refractivity contribution in [2.45, 2.75) is 52.7 Å². The Morgan fingerprint density at radius 3 is 2.22 bits per heavy atom. The Balaban J connectivity index is 3.53. The zero-order valence-corrected chi connectivity index (χ0v) is 12.4. The first kappa shape index (κ1) is 17.8. The van der Waals surface area contributed by atoms with E-state index < -0.39 is 6.10 Å². The van der Waals surface area contributed by atoms with E-state index in [4.69, 9.17) is 9.47 Å². The Morgan fingerprint density at radius 2 is 1.67 bits per heavy atom. The molecule has 0 saturated heterocycles. The molecular weight excluding hydrogens is 230 g/mol. The van der Waals surface area contributed by atoms with Gasteiger partial charge in [0.2, 0.25) is 0 Å². The molecule has 0 radical (unpaired) electrons. The van der Waals surface area contributed by atoms with Gasteiger partial charge in [-0.3, -0.25) is 0 Å². The molecule has 0 aliphatic rings. The Labute approximate surface area is 112 Å². The molecule has 18 heavy (non-hydrogen) atoms. The van der Waals surface area contributed by atoms with Crippen LogP contribution in [0, 0.1) is 5.92 Å². The molecule has 0 aromatic rings. The van der Waals surface area contributed by atoms with Crippen LogP contribution in [-0.2, 0) is 9.47 Å². The third-order valence-corrected chi connectivity index (χ3v) is 3.32. The van der Waals surface area contributed by atoms with Crippen LogP contribution in [0.4, 0.5) is 0 Å². The molecule has 0 aromatic carbocycles. The SMILES string of the molecule is CCOCCOCC(O)CNC(C)C(CC)CC. The largest absolute Gasteiger partial charge is 0.389 e. The quantitative estimate of drug-likeness (QED) is 0.526. The lowest BCUT2D eigenvalue weighted by Gasteiger charge is -2.24. The van der Waals surface area contributed by atoms with Crippen molar-refractivity contribution in [1.82, 2.24) is 5.32 Å². The standard InChI is InChI=1S/C14H31NO3/c1-5-13(6-2)12(4)15-10-14(16)11-18-9-8-17-7-3/h12-16H,5-11H2,1-4H3. The van der Waals surface area contributed by atoms with Crippen LogP contribution < -0.4 is 5.32 Å². The van der Waals surface area contributed by atoms with E-state index >= 15 is 0 Å². The van der Waals surface area contributed by atoms with Gasteiger partial charge >= 0.3 is 0 Å². The second kappa shape index (κ2) is 11.9. The van der Waals surface area contributed by atoms with E-state index in [1.807, 2.05) is 6.92 Å². The molecule has 2 N–H and O–H groups in total. The highest BCUT2D eigenvalue weighted by atomic mass is 16.5. The molecule has 0 heterocycles. The first-order valence-electron chi connectivity index (χ1n) is 7.22. The van der Waals surface area contributed by atoms with Crippen LogP contribution in [0.15, 0.2) is 0 Å². The summed E-state index contributed by atoms with van der Waals surface area (Å²) in [5, 5.41) is 13.1. The van der Waals surface area contributed by atoms with Gasteiger partial charge in [0, 0.05) is 19.2 Å². The van der Waals surface area contributed by atoms with Gasteiger partial charge < -0.3 is 19.9 Å². The topological polar surface area (TPSA) is 50.7 Å². The fourth-order valence-corrected chi connectivity index (χ4v) is 2.02. The van der Waals surface area contributed by atoms with E-state index in [9.17, 15) is 5.11 Å². The summed E-state index contributed by atoms with van der Waals surface area (Å²) in [6.45, 7) is 11.4. The van der Waals surface area contributed by atoms with Gasteiger partial charge in [-0.2, -0.15) is 0 Å². The van der Waals surface area contributed by atoms with Crippen LogP contribution in [-0.4, -0.2) is 50.2 Å². The average molecular weight is 261 g/mol. The number of nitrogens with one attached hydrogen (secondary N) is 1. The predicted molar refractivity (Wildman–Crippen MR) is 74.9 cm³/mol. The van der Waals surface area contributed by atoms with Gasteiger partial charge in [0.25, 0.3) is 0 Å². The van der Waals surface area contributed by atoms with E-state index in [1.165, 1.54) is 12.8 Å². The lowest BCUT2D eigenvalue weighted by atomic mass is 9.95. The number of hydrogen-bond acceptors (Lipinski definition) is 4. The second-order valence-electron chi connectivity index (χ2n) is 4.70. The zero-order chi connectivity index (χ0) is 13.8. The second-order valence-corrected chi connectivity index (χ2v) is 4.70.